The number of benzene rings is 1. The Balaban J connectivity index is 2.42. The van der Waals surface area contributed by atoms with Crippen molar-refractivity contribution in [2.24, 2.45) is 0 Å². The van der Waals surface area contributed by atoms with E-state index in [-0.39, 0.29) is 10.6 Å². The SMILES string of the molecule is O=C1N[C@@H](c2cc(Cl)ccc2F)C(F)(F)CO1. The van der Waals surface area contributed by atoms with Gasteiger partial charge in [0.25, 0.3) is 0 Å². The number of amides is 1. The summed E-state index contributed by atoms with van der Waals surface area (Å²) in [6, 6.07) is 1.48. The van der Waals surface area contributed by atoms with Crippen LogP contribution in [0.15, 0.2) is 18.2 Å². The molecule has 1 atom stereocenters. The first kappa shape index (κ1) is 12.0. The van der Waals surface area contributed by atoms with Gasteiger partial charge < -0.3 is 10.1 Å². The van der Waals surface area contributed by atoms with Gasteiger partial charge >= 0.3 is 12.0 Å². The Hall–Kier alpha value is -1.43. The Kier molecular flexibility index (Phi) is 2.91. The topological polar surface area (TPSA) is 38.3 Å². The summed E-state index contributed by atoms with van der Waals surface area (Å²) < 4.78 is 44.6. The number of alkyl halides is 2. The second-order valence-corrected chi connectivity index (χ2v) is 4.02. The van der Waals surface area contributed by atoms with E-state index in [1.165, 1.54) is 6.07 Å². The van der Waals surface area contributed by atoms with Crippen molar-refractivity contribution < 1.29 is 22.7 Å². The minimum Gasteiger partial charge on any atom is -0.443 e. The molecule has 1 fully saturated rings. The summed E-state index contributed by atoms with van der Waals surface area (Å²) in [5.74, 6) is -4.25. The largest absolute Gasteiger partial charge is 0.443 e. The second-order valence-electron chi connectivity index (χ2n) is 3.58. The fourth-order valence-electron chi connectivity index (χ4n) is 1.55. The molecule has 0 spiro atoms. The number of carbonyl (C=O) groups is 1. The molecular formula is C10H7ClF3NO2. The van der Waals surface area contributed by atoms with Crippen LogP contribution in [0, 0.1) is 5.82 Å². The van der Waals surface area contributed by atoms with Crippen LogP contribution in [-0.4, -0.2) is 18.6 Å². The van der Waals surface area contributed by atoms with Gasteiger partial charge in [-0.05, 0) is 18.2 Å². The summed E-state index contributed by atoms with van der Waals surface area (Å²) in [6.07, 6.45) is -1.01. The minimum absolute atomic E-state index is 0.109. The molecule has 1 aromatic rings. The molecule has 2 rings (SSSR count). The van der Waals surface area contributed by atoms with E-state index < -0.39 is 30.5 Å². The Morgan fingerprint density at radius 2 is 2.18 bits per heavy atom. The molecule has 1 aliphatic heterocycles. The zero-order valence-corrected chi connectivity index (χ0v) is 9.10. The van der Waals surface area contributed by atoms with Gasteiger partial charge in [-0.2, -0.15) is 0 Å². The summed E-state index contributed by atoms with van der Waals surface area (Å²) in [5.41, 5.74) is -0.362. The van der Waals surface area contributed by atoms with Crippen LogP contribution in [-0.2, 0) is 4.74 Å². The molecule has 0 saturated carbocycles. The molecular weight excluding hydrogens is 259 g/mol. The Labute approximate surface area is 99.5 Å². The van der Waals surface area contributed by atoms with Crippen LogP contribution in [0.2, 0.25) is 5.02 Å². The summed E-state index contributed by atoms with van der Waals surface area (Å²) in [5, 5.41) is 1.99. The third kappa shape index (κ3) is 2.31. The zero-order chi connectivity index (χ0) is 12.6. The van der Waals surface area contributed by atoms with E-state index in [0.717, 1.165) is 12.1 Å². The first-order valence-electron chi connectivity index (χ1n) is 4.66. The van der Waals surface area contributed by atoms with Crippen LogP contribution in [0.3, 0.4) is 0 Å². The molecule has 1 N–H and O–H groups in total. The smallest absolute Gasteiger partial charge is 0.408 e. The standard InChI is InChI=1S/C10H7ClF3NO2/c11-5-1-2-7(12)6(3-5)8-10(13,14)4-17-9(16)15-8/h1-3,8H,4H2,(H,15,16)/t8-/m0/s1. The molecule has 1 amide bonds. The maximum Gasteiger partial charge on any atom is 0.408 e. The van der Waals surface area contributed by atoms with Gasteiger partial charge in [0.2, 0.25) is 0 Å². The highest BCUT2D eigenvalue weighted by Crippen LogP contribution is 2.36. The fourth-order valence-corrected chi connectivity index (χ4v) is 1.73. The molecule has 3 nitrogen and oxygen atoms in total. The number of nitrogens with one attached hydrogen (secondary N) is 1. The number of carbonyl (C=O) groups excluding carboxylic acids is 1. The lowest BCUT2D eigenvalue weighted by atomic mass is 9.99. The lowest BCUT2D eigenvalue weighted by Crippen LogP contribution is -2.49. The van der Waals surface area contributed by atoms with E-state index in [2.05, 4.69) is 4.74 Å². The van der Waals surface area contributed by atoms with Gasteiger partial charge in [0, 0.05) is 10.6 Å². The van der Waals surface area contributed by atoms with E-state index in [1.807, 2.05) is 5.32 Å². The molecule has 17 heavy (non-hydrogen) atoms. The maximum atomic E-state index is 13.5. The van der Waals surface area contributed by atoms with E-state index in [0.29, 0.717) is 0 Å². The van der Waals surface area contributed by atoms with E-state index >= 15 is 0 Å². The lowest BCUT2D eigenvalue weighted by molar-refractivity contribution is -0.105. The molecule has 0 unspecified atom stereocenters. The van der Waals surface area contributed by atoms with Crippen molar-refractivity contribution in [2.45, 2.75) is 12.0 Å². The molecule has 0 aliphatic carbocycles. The summed E-state index contributed by atoms with van der Waals surface area (Å²) in [7, 11) is 0. The predicted molar refractivity (Wildman–Crippen MR) is 53.6 cm³/mol. The second kappa shape index (κ2) is 4.10. The summed E-state index contributed by atoms with van der Waals surface area (Å²) in [4.78, 5) is 10.9. The van der Waals surface area contributed by atoms with Gasteiger partial charge in [-0.15, -0.1) is 0 Å². The Bertz CT molecular complexity index is 467. The molecule has 1 aromatic carbocycles. The quantitative estimate of drug-likeness (QED) is 0.848. The zero-order valence-electron chi connectivity index (χ0n) is 8.34. The van der Waals surface area contributed by atoms with Crippen LogP contribution in [0.1, 0.15) is 11.6 Å². The van der Waals surface area contributed by atoms with Gasteiger partial charge in [0.05, 0.1) is 0 Å². The monoisotopic (exact) mass is 265 g/mol. The third-order valence-corrected chi connectivity index (χ3v) is 2.58. The van der Waals surface area contributed by atoms with Crippen LogP contribution >= 0.6 is 11.6 Å². The number of rotatable bonds is 1. The van der Waals surface area contributed by atoms with Gasteiger partial charge in [-0.25, -0.2) is 18.0 Å². The fraction of sp³-hybridized carbons (Fsp3) is 0.300. The number of ether oxygens (including phenoxy) is 1. The van der Waals surface area contributed by atoms with Gasteiger partial charge in [0.1, 0.15) is 11.9 Å². The summed E-state index contributed by atoms with van der Waals surface area (Å²) >= 11 is 5.61. The van der Waals surface area contributed by atoms with Gasteiger partial charge in [-0.1, -0.05) is 11.6 Å². The van der Waals surface area contributed by atoms with Gasteiger partial charge in [0.15, 0.2) is 6.61 Å². The molecule has 1 aliphatic rings. The lowest BCUT2D eigenvalue weighted by Gasteiger charge is -2.32. The molecule has 0 aromatic heterocycles. The highest BCUT2D eigenvalue weighted by Gasteiger charge is 2.47. The molecule has 1 heterocycles. The van der Waals surface area contributed by atoms with Crippen molar-refractivity contribution in [2.75, 3.05) is 6.61 Å². The third-order valence-electron chi connectivity index (χ3n) is 2.35. The number of hydrogen-bond donors (Lipinski definition) is 1. The minimum atomic E-state index is -3.39. The molecule has 1 saturated heterocycles. The highest BCUT2D eigenvalue weighted by molar-refractivity contribution is 6.30. The van der Waals surface area contributed by atoms with Crippen LogP contribution in [0.4, 0.5) is 18.0 Å². The van der Waals surface area contributed by atoms with Crippen molar-refractivity contribution in [3.63, 3.8) is 0 Å². The maximum absolute atomic E-state index is 13.5. The van der Waals surface area contributed by atoms with Gasteiger partial charge in [-0.3, -0.25) is 0 Å². The average molecular weight is 266 g/mol. The Morgan fingerprint density at radius 3 is 2.88 bits per heavy atom. The van der Waals surface area contributed by atoms with E-state index in [9.17, 15) is 18.0 Å². The van der Waals surface area contributed by atoms with Crippen LogP contribution in [0.25, 0.3) is 0 Å². The summed E-state index contributed by atoms with van der Waals surface area (Å²) in [6.45, 7) is -1.09. The van der Waals surface area contributed by atoms with Crippen molar-refractivity contribution in [1.82, 2.24) is 5.32 Å². The normalized spacial score (nSPS) is 22.8. The molecule has 0 bridgehead atoms. The Morgan fingerprint density at radius 1 is 1.47 bits per heavy atom. The molecule has 92 valence electrons. The molecule has 0 radical (unpaired) electrons. The first-order chi connectivity index (χ1) is 7.90. The van der Waals surface area contributed by atoms with Crippen molar-refractivity contribution in [1.29, 1.82) is 0 Å². The highest BCUT2D eigenvalue weighted by atomic mass is 35.5. The first-order valence-corrected chi connectivity index (χ1v) is 5.04. The number of alkyl carbamates (subject to hydrolysis) is 1. The van der Waals surface area contributed by atoms with E-state index in [1.54, 1.807) is 0 Å². The number of halogens is 4. The van der Waals surface area contributed by atoms with Crippen LogP contribution < -0.4 is 5.32 Å². The number of cyclic esters (lactones) is 1. The van der Waals surface area contributed by atoms with Crippen molar-refractivity contribution in [3.05, 3.63) is 34.6 Å². The predicted octanol–water partition coefficient (Wildman–Crippen LogP) is 2.90. The van der Waals surface area contributed by atoms with Crippen LogP contribution in [0.5, 0.6) is 0 Å². The van der Waals surface area contributed by atoms with E-state index in [4.69, 9.17) is 11.6 Å². The van der Waals surface area contributed by atoms with Crippen molar-refractivity contribution in [3.8, 4) is 0 Å². The number of hydrogen-bond acceptors (Lipinski definition) is 2. The molecule has 7 heteroatoms. The van der Waals surface area contributed by atoms with Crippen molar-refractivity contribution >= 4 is 17.7 Å². The average Bonchev–Trinajstić information content (AvgIpc) is 2.26.